The lowest BCUT2D eigenvalue weighted by Gasteiger charge is -2.00. The summed E-state index contributed by atoms with van der Waals surface area (Å²) in [5, 5.41) is 6.75. The van der Waals surface area contributed by atoms with Crippen molar-refractivity contribution in [3.05, 3.63) is 50.2 Å². The van der Waals surface area contributed by atoms with Gasteiger partial charge in [-0.3, -0.25) is 10.1 Å². The summed E-state index contributed by atoms with van der Waals surface area (Å²) in [6.45, 7) is 3.71. The minimum absolute atomic E-state index is 0.178. The normalized spacial score (nSPS) is 10.7. The van der Waals surface area contributed by atoms with Gasteiger partial charge in [0, 0.05) is 16.0 Å². The van der Waals surface area contributed by atoms with Crippen LogP contribution >= 0.6 is 34.3 Å². The van der Waals surface area contributed by atoms with E-state index in [9.17, 15) is 4.79 Å². The minimum atomic E-state index is -0.178. The molecule has 2 heterocycles. The smallest absolute Gasteiger partial charge is 0.269 e. The fourth-order valence-corrected chi connectivity index (χ4v) is 3.77. The van der Waals surface area contributed by atoms with Crippen LogP contribution < -0.4 is 5.32 Å². The monoisotopic (exact) mass is 349 g/mol. The highest BCUT2D eigenvalue weighted by Crippen LogP contribution is 2.30. The number of benzene rings is 1. The first-order chi connectivity index (χ1) is 10.5. The van der Waals surface area contributed by atoms with E-state index in [-0.39, 0.29) is 5.91 Å². The first-order valence-corrected chi connectivity index (χ1v) is 8.58. The van der Waals surface area contributed by atoms with Crippen molar-refractivity contribution in [3.63, 3.8) is 0 Å². The molecule has 0 atom stereocenters. The second-order valence-corrected chi connectivity index (χ2v) is 7.09. The van der Waals surface area contributed by atoms with Gasteiger partial charge in [-0.15, -0.1) is 22.7 Å². The minimum Gasteiger partial charge on any atom is -0.297 e. The molecule has 2 aromatic heterocycles. The van der Waals surface area contributed by atoms with E-state index < -0.39 is 0 Å². The van der Waals surface area contributed by atoms with Gasteiger partial charge in [0.25, 0.3) is 5.91 Å². The van der Waals surface area contributed by atoms with Crippen molar-refractivity contribution in [1.29, 1.82) is 0 Å². The average molecular weight is 350 g/mol. The number of rotatable bonds is 3. The summed E-state index contributed by atoms with van der Waals surface area (Å²) in [4.78, 5) is 21.6. The topological polar surface area (TPSA) is 54.9 Å². The first kappa shape index (κ1) is 15.1. The third-order valence-electron chi connectivity index (χ3n) is 2.98. The molecule has 1 N–H and O–H groups in total. The molecule has 0 saturated heterocycles. The number of carbonyl (C=O) groups excluding carboxylic acids is 1. The molecule has 0 aliphatic rings. The van der Waals surface area contributed by atoms with Gasteiger partial charge in [0.15, 0.2) is 5.13 Å². The van der Waals surface area contributed by atoms with Gasteiger partial charge in [0.05, 0.1) is 16.4 Å². The standard InChI is InChI=1S/C15H12ClN3OS2/c1-8-13(22-9(2)17-8)14(20)19-15-18-12(7-21-15)10-5-3-4-6-11(10)16/h3-7H,1-2H3,(H,18,19,20). The quantitative estimate of drug-likeness (QED) is 0.739. The van der Waals surface area contributed by atoms with Crippen molar-refractivity contribution in [2.45, 2.75) is 13.8 Å². The third-order valence-corrected chi connectivity index (χ3v) is 5.14. The summed E-state index contributed by atoms with van der Waals surface area (Å²) in [7, 11) is 0. The highest BCUT2D eigenvalue weighted by molar-refractivity contribution is 7.15. The Morgan fingerprint density at radius 1 is 1.23 bits per heavy atom. The SMILES string of the molecule is Cc1nc(C)c(C(=O)Nc2nc(-c3ccccc3Cl)cs2)s1. The molecule has 22 heavy (non-hydrogen) atoms. The maximum Gasteiger partial charge on any atom is 0.269 e. The van der Waals surface area contributed by atoms with Crippen LogP contribution in [0.5, 0.6) is 0 Å². The van der Waals surface area contributed by atoms with Crippen molar-refractivity contribution < 1.29 is 4.79 Å². The number of aromatic nitrogens is 2. The molecule has 1 aromatic carbocycles. The molecule has 3 aromatic rings. The van der Waals surface area contributed by atoms with E-state index in [1.807, 2.05) is 43.5 Å². The highest BCUT2D eigenvalue weighted by Gasteiger charge is 2.16. The van der Waals surface area contributed by atoms with Gasteiger partial charge in [-0.25, -0.2) is 9.97 Å². The van der Waals surface area contributed by atoms with Crippen molar-refractivity contribution in [1.82, 2.24) is 9.97 Å². The highest BCUT2D eigenvalue weighted by atomic mass is 35.5. The van der Waals surface area contributed by atoms with Gasteiger partial charge in [0.1, 0.15) is 4.88 Å². The number of aryl methyl sites for hydroxylation is 2. The van der Waals surface area contributed by atoms with Crippen LogP contribution in [0.1, 0.15) is 20.4 Å². The van der Waals surface area contributed by atoms with Gasteiger partial charge in [-0.2, -0.15) is 0 Å². The van der Waals surface area contributed by atoms with E-state index in [1.54, 1.807) is 0 Å². The molecular weight excluding hydrogens is 338 g/mol. The summed E-state index contributed by atoms with van der Waals surface area (Å²) in [6, 6.07) is 7.50. The Bertz CT molecular complexity index is 841. The third kappa shape index (κ3) is 3.04. The molecule has 112 valence electrons. The van der Waals surface area contributed by atoms with Crippen molar-refractivity contribution in [3.8, 4) is 11.3 Å². The van der Waals surface area contributed by atoms with E-state index in [0.717, 1.165) is 22.0 Å². The molecule has 7 heteroatoms. The maximum absolute atomic E-state index is 12.3. The van der Waals surface area contributed by atoms with E-state index in [2.05, 4.69) is 15.3 Å². The Kier molecular flexibility index (Phi) is 4.24. The number of amides is 1. The van der Waals surface area contributed by atoms with Crippen LogP contribution in [-0.4, -0.2) is 15.9 Å². The van der Waals surface area contributed by atoms with Gasteiger partial charge in [-0.05, 0) is 19.9 Å². The van der Waals surface area contributed by atoms with Gasteiger partial charge in [0.2, 0.25) is 0 Å². The zero-order chi connectivity index (χ0) is 15.7. The Labute approximate surface area is 140 Å². The van der Waals surface area contributed by atoms with E-state index in [0.29, 0.717) is 15.0 Å². The zero-order valence-corrected chi connectivity index (χ0v) is 14.3. The van der Waals surface area contributed by atoms with E-state index in [1.165, 1.54) is 22.7 Å². The van der Waals surface area contributed by atoms with Crippen LogP contribution in [0, 0.1) is 13.8 Å². The number of carbonyl (C=O) groups is 1. The number of nitrogens with zero attached hydrogens (tertiary/aromatic N) is 2. The summed E-state index contributed by atoms with van der Waals surface area (Å²) in [5.41, 5.74) is 2.34. The van der Waals surface area contributed by atoms with Crippen molar-refractivity contribution in [2.75, 3.05) is 5.32 Å². The molecule has 3 rings (SSSR count). The number of hydrogen-bond acceptors (Lipinski definition) is 5. The first-order valence-electron chi connectivity index (χ1n) is 6.50. The molecule has 0 fully saturated rings. The maximum atomic E-state index is 12.3. The van der Waals surface area contributed by atoms with Crippen molar-refractivity contribution >= 4 is 45.3 Å². The van der Waals surface area contributed by atoms with Gasteiger partial charge in [-0.1, -0.05) is 29.8 Å². The Morgan fingerprint density at radius 2 is 2.00 bits per heavy atom. The van der Waals surface area contributed by atoms with E-state index in [4.69, 9.17) is 11.6 Å². The molecule has 0 aliphatic carbocycles. The van der Waals surface area contributed by atoms with Gasteiger partial charge >= 0.3 is 0 Å². The molecule has 0 saturated carbocycles. The fourth-order valence-electron chi connectivity index (χ4n) is 2.02. The predicted octanol–water partition coefficient (Wildman–Crippen LogP) is 4.79. The lowest BCUT2D eigenvalue weighted by Crippen LogP contribution is -2.11. The lowest BCUT2D eigenvalue weighted by molar-refractivity contribution is 0.103. The second-order valence-electron chi connectivity index (χ2n) is 4.62. The Hall–Kier alpha value is -1.76. The van der Waals surface area contributed by atoms with Crippen LogP contribution in [0.3, 0.4) is 0 Å². The largest absolute Gasteiger partial charge is 0.297 e. The Balaban J connectivity index is 1.82. The summed E-state index contributed by atoms with van der Waals surface area (Å²) < 4.78 is 0. The fraction of sp³-hybridized carbons (Fsp3) is 0.133. The van der Waals surface area contributed by atoms with Crippen molar-refractivity contribution in [2.24, 2.45) is 0 Å². The predicted molar refractivity (Wildman–Crippen MR) is 92.1 cm³/mol. The molecule has 0 unspecified atom stereocenters. The van der Waals surface area contributed by atoms with E-state index >= 15 is 0 Å². The molecule has 0 bridgehead atoms. The molecule has 1 amide bonds. The van der Waals surface area contributed by atoms with Crippen LogP contribution in [0.15, 0.2) is 29.6 Å². The average Bonchev–Trinajstić information content (AvgIpc) is 3.06. The summed E-state index contributed by atoms with van der Waals surface area (Å²) in [5.74, 6) is -0.178. The number of halogens is 1. The number of hydrogen-bond donors (Lipinski definition) is 1. The van der Waals surface area contributed by atoms with Crippen LogP contribution in [0.2, 0.25) is 5.02 Å². The molecule has 4 nitrogen and oxygen atoms in total. The molecule has 0 aliphatic heterocycles. The van der Waals surface area contributed by atoms with Crippen LogP contribution in [-0.2, 0) is 0 Å². The summed E-state index contributed by atoms with van der Waals surface area (Å²) in [6.07, 6.45) is 0. The van der Waals surface area contributed by atoms with Crippen LogP contribution in [0.4, 0.5) is 5.13 Å². The zero-order valence-electron chi connectivity index (χ0n) is 11.9. The molecule has 0 spiro atoms. The molecule has 0 radical (unpaired) electrons. The lowest BCUT2D eigenvalue weighted by atomic mass is 10.2. The Morgan fingerprint density at radius 3 is 2.68 bits per heavy atom. The van der Waals surface area contributed by atoms with Gasteiger partial charge < -0.3 is 0 Å². The second kappa shape index (κ2) is 6.16. The molecular formula is C15H12ClN3OS2. The number of anilines is 1. The number of thiazole rings is 2. The number of nitrogens with one attached hydrogen (secondary N) is 1. The summed E-state index contributed by atoms with van der Waals surface area (Å²) >= 11 is 8.92. The van der Waals surface area contributed by atoms with Crippen LogP contribution in [0.25, 0.3) is 11.3 Å².